The van der Waals surface area contributed by atoms with Gasteiger partial charge in [-0.15, -0.1) is 5.10 Å². The van der Waals surface area contributed by atoms with Crippen molar-refractivity contribution in [2.75, 3.05) is 5.32 Å². The highest BCUT2D eigenvalue weighted by Gasteiger charge is 2.51. The van der Waals surface area contributed by atoms with Gasteiger partial charge in [0.1, 0.15) is 11.4 Å². The minimum Gasteiger partial charge on any atom is -0.506 e. The van der Waals surface area contributed by atoms with E-state index in [0.29, 0.717) is 29.0 Å². The largest absolute Gasteiger partial charge is 0.506 e. The molecule has 1 amide bonds. The van der Waals surface area contributed by atoms with Gasteiger partial charge in [0, 0.05) is 22.3 Å². The van der Waals surface area contributed by atoms with Gasteiger partial charge in [0.2, 0.25) is 5.91 Å². The molecule has 12 heteroatoms. The third kappa shape index (κ3) is 4.30. The molecule has 0 aliphatic heterocycles. The highest BCUT2D eigenvalue weighted by molar-refractivity contribution is 6.30. The first-order valence-corrected chi connectivity index (χ1v) is 10.8. The zero-order valence-electron chi connectivity index (χ0n) is 17.8. The average molecular weight is 501 g/mol. The van der Waals surface area contributed by atoms with Gasteiger partial charge in [-0.1, -0.05) is 29.8 Å². The molecule has 0 radical (unpaired) electrons. The van der Waals surface area contributed by atoms with E-state index in [-0.39, 0.29) is 28.7 Å². The van der Waals surface area contributed by atoms with Crippen LogP contribution in [0, 0.1) is 0 Å². The van der Waals surface area contributed by atoms with Crippen LogP contribution in [0.25, 0.3) is 22.5 Å². The molecule has 3 N–H and O–H groups in total. The lowest BCUT2D eigenvalue weighted by atomic mass is 9.94. The molecule has 4 aromatic rings. The molecule has 8 nitrogen and oxygen atoms in total. The maximum Gasteiger partial charge on any atom is 0.433 e. The standard InChI is InChI=1S/C23H16ClF3N6O2/c24-14-4-2-13(3-5-14)22(7-8-22)21(35)29-17-9-16(20-30-32-33-31-20)15(10-18(17)34)12-1-6-19(28-11-12)23(25,26)27/h1-6,9-11,34H,7-8H2,(H,29,35)(H,30,31,32,33). The number of tetrazole rings is 1. The van der Waals surface area contributed by atoms with E-state index >= 15 is 0 Å². The highest BCUT2D eigenvalue weighted by atomic mass is 35.5. The number of amides is 1. The molecule has 2 aromatic heterocycles. The molecule has 178 valence electrons. The van der Waals surface area contributed by atoms with Crippen molar-refractivity contribution in [3.05, 3.63) is 71.0 Å². The second kappa shape index (κ2) is 8.35. The first-order valence-electron chi connectivity index (χ1n) is 10.4. The van der Waals surface area contributed by atoms with Crippen molar-refractivity contribution < 1.29 is 23.1 Å². The van der Waals surface area contributed by atoms with Gasteiger partial charge in [0.05, 0.1) is 11.1 Å². The summed E-state index contributed by atoms with van der Waals surface area (Å²) in [5.74, 6) is -0.397. The Balaban J connectivity index is 1.51. The van der Waals surface area contributed by atoms with E-state index in [1.165, 1.54) is 18.2 Å². The topological polar surface area (TPSA) is 117 Å². The van der Waals surface area contributed by atoms with Gasteiger partial charge in [-0.3, -0.25) is 9.78 Å². The predicted octanol–water partition coefficient (Wildman–Crippen LogP) is 4.98. The van der Waals surface area contributed by atoms with Gasteiger partial charge in [-0.2, -0.15) is 13.2 Å². The zero-order chi connectivity index (χ0) is 24.8. The van der Waals surface area contributed by atoms with Gasteiger partial charge in [0.15, 0.2) is 5.82 Å². The molecule has 0 bridgehead atoms. The Morgan fingerprint density at radius 3 is 2.40 bits per heavy atom. The molecular formula is C23H16ClF3N6O2. The van der Waals surface area contributed by atoms with Gasteiger partial charge in [-0.25, -0.2) is 5.10 Å². The molecular weight excluding hydrogens is 485 g/mol. The van der Waals surface area contributed by atoms with Crippen molar-refractivity contribution in [1.29, 1.82) is 0 Å². The predicted molar refractivity (Wildman–Crippen MR) is 121 cm³/mol. The Morgan fingerprint density at radius 2 is 1.83 bits per heavy atom. The molecule has 0 atom stereocenters. The summed E-state index contributed by atoms with van der Waals surface area (Å²) in [4.78, 5) is 16.7. The van der Waals surface area contributed by atoms with Crippen LogP contribution in [0.2, 0.25) is 5.02 Å². The molecule has 5 rings (SSSR count). The fourth-order valence-electron chi connectivity index (χ4n) is 3.90. The van der Waals surface area contributed by atoms with Crippen LogP contribution in [0.4, 0.5) is 18.9 Å². The van der Waals surface area contributed by atoms with E-state index in [0.717, 1.165) is 17.8 Å². The number of nitrogens with zero attached hydrogens (tertiary/aromatic N) is 4. The lowest BCUT2D eigenvalue weighted by molar-refractivity contribution is -0.141. The quantitative estimate of drug-likeness (QED) is 0.333. The summed E-state index contributed by atoms with van der Waals surface area (Å²) >= 11 is 5.96. The number of carbonyl (C=O) groups is 1. The number of benzene rings is 2. The van der Waals surface area contributed by atoms with Crippen LogP contribution in [0.3, 0.4) is 0 Å². The van der Waals surface area contributed by atoms with Gasteiger partial charge in [-0.05, 0) is 64.7 Å². The molecule has 0 unspecified atom stereocenters. The molecule has 0 saturated heterocycles. The molecule has 1 fully saturated rings. The second-order valence-electron chi connectivity index (χ2n) is 8.14. The SMILES string of the molecule is O=C(Nc1cc(-c2nnn[nH]2)c(-c2ccc(C(F)(F)F)nc2)cc1O)C1(c2ccc(Cl)cc2)CC1. The number of aromatic hydroxyl groups is 1. The number of hydrogen-bond acceptors (Lipinski definition) is 6. The summed E-state index contributed by atoms with van der Waals surface area (Å²) in [6, 6.07) is 11.9. The van der Waals surface area contributed by atoms with Crippen molar-refractivity contribution in [2.24, 2.45) is 0 Å². The average Bonchev–Trinajstić information content (AvgIpc) is 3.46. The first kappa shape index (κ1) is 22.8. The number of aromatic nitrogens is 5. The third-order valence-corrected chi connectivity index (χ3v) is 6.18. The Bertz CT molecular complexity index is 1390. The number of alkyl halides is 3. The lowest BCUT2D eigenvalue weighted by Gasteiger charge is -2.18. The number of anilines is 1. The molecule has 1 saturated carbocycles. The van der Waals surface area contributed by atoms with Crippen LogP contribution in [0.15, 0.2) is 54.7 Å². The van der Waals surface area contributed by atoms with E-state index in [2.05, 4.69) is 30.9 Å². The number of carbonyl (C=O) groups excluding carboxylic acids is 1. The summed E-state index contributed by atoms with van der Waals surface area (Å²) in [5.41, 5.74) is 0.0870. The minimum atomic E-state index is -4.59. The molecule has 2 heterocycles. The van der Waals surface area contributed by atoms with Crippen LogP contribution in [0.5, 0.6) is 5.75 Å². The van der Waals surface area contributed by atoms with Crippen molar-refractivity contribution in [1.82, 2.24) is 25.6 Å². The molecule has 1 aliphatic rings. The number of rotatable bonds is 5. The number of phenols is 1. The molecule has 1 aliphatic carbocycles. The normalized spacial score (nSPS) is 14.5. The van der Waals surface area contributed by atoms with Crippen LogP contribution in [0.1, 0.15) is 24.1 Å². The summed E-state index contributed by atoms with van der Waals surface area (Å²) in [5, 5.41) is 27.6. The van der Waals surface area contributed by atoms with Crippen molar-refractivity contribution >= 4 is 23.2 Å². The summed E-state index contributed by atoms with van der Waals surface area (Å²) < 4.78 is 38.8. The van der Waals surface area contributed by atoms with E-state index < -0.39 is 17.3 Å². The molecule has 35 heavy (non-hydrogen) atoms. The Kier molecular flexibility index (Phi) is 5.43. The molecule has 0 spiro atoms. The number of H-pyrrole nitrogens is 1. The maximum absolute atomic E-state index is 13.2. The number of hydrogen-bond donors (Lipinski definition) is 3. The van der Waals surface area contributed by atoms with Crippen LogP contribution in [-0.2, 0) is 16.4 Å². The van der Waals surface area contributed by atoms with Gasteiger partial charge >= 0.3 is 6.18 Å². The fraction of sp³-hybridized carbons (Fsp3) is 0.174. The van der Waals surface area contributed by atoms with E-state index in [4.69, 9.17) is 11.6 Å². The van der Waals surface area contributed by atoms with E-state index in [1.807, 2.05) is 0 Å². The summed E-state index contributed by atoms with van der Waals surface area (Å²) in [6.07, 6.45) is -2.27. The maximum atomic E-state index is 13.2. The van der Waals surface area contributed by atoms with Crippen molar-refractivity contribution in [3.63, 3.8) is 0 Å². The Labute approximate surface area is 201 Å². The monoisotopic (exact) mass is 500 g/mol. The number of pyridine rings is 1. The number of aromatic amines is 1. The lowest BCUT2D eigenvalue weighted by Crippen LogP contribution is -2.27. The smallest absolute Gasteiger partial charge is 0.433 e. The summed E-state index contributed by atoms with van der Waals surface area (Å²) in [6.45, 7) is 0. The minimum absolute atomic E-state index is 0.102. The number of phenolic OH excluding ortho intramolecular Hbond substituents is 1. The fourth-order valence-corrected chi connectivity index (χ4v) is 4.03. The van der Waals surface area contributed by atoms with Crippen molar-refractivity contribution in [2.45, 2.75) is 24.4 Å². The second-order valence-corrected chi connectivity index (χ2v) is 8.57. The summed E-state index contributed by atoms with van der Waals surface area (Å²) in [7, 11) is 0. The van der Waals surface area contributed by atoms with Gasteiger partial charge in [0.25, 0.3) is 0 Å². The van der Waals surface area contributed by atoms with Gasteiger partial charge < -0.3 is 10.4 Å². The number of nitrogens with one attached hydrogen (secondary N) is 2. The van der Waals surface area contributed by atoms with Crippen LogP contribution in [-0.4, -0.2) is 36.6 Å². The van der Waals surface area contributed by atoms with Crippen LogP contribution < -0.4 is 5.32 Å². The Morgan fingerprint density at radius 1 is 1.09 bits per heavy atom. The first-order chi connectivity index (χ1) is 16.7. The van der Waals surface area contributed by atoms with E-state index in [1.54, 1.807) is 24.3 Å². The van der Waals surface area contributed by atoms with Crippen LogP contribution >= 0.6 is 11.6 Å². The van der Waals surface area contributed by atoms with Crippen molar-refractivity contribution in [3.8, 4) is 28.3 Å². The highest BCUT2D eigenvalue weighted by Crippen LogP contribution is 2.50. The number of halogens is 4. The third-order valence-electron chi connectivity index (χ3n) is 5.93. The zero-order valence-corrected chi connectivity index (χ0v) is 18.5. The Hall–Kier alpha value is -3.99. The van der Waals surface area contributed by atoms with E-state index in [9.17, 15) is 23.1 Å². The molecule has 2 aromatic carbocycles.